The summed E-state index contributed by atoms with van der Waals surface area (Å²) in [4.78, 5) is 0. The van der Waals surface area contributed by atoms with Crippen LogP contribution in [0.15, 0.2) is 0 Å². The van der Waals surface area contributed by atoms with Gasteiger partial charge in [0.2, 0.25) is 0 Å². The highest BCUT2D eigenvalue weighted by atomic mass is 16.5. The highest BCUT2D eigenvalue weighted by Gasteiger charge is 2.25. The van der Waals surface area contributed by atoms with Gasteiger partial charge < -0.3 is 4.74 Å². The van der Waals surface area contributed by atoms with E-state index in [9.17, 15) is 0 Å². The molecular weight excluding hydrogens is 304 g/mol. The Morgan fingerprint density at radius 1 is 0.520 bits per heavy atom. The van der Waals surface area contributed by atoms with E-state index in [0.717, 1.165) is 11.8 Å². The molecule has 0 saturated carbocycles. The molecule has 0 aliphatic carbocycles. The normalized spacial score (nSPS) is 17.0. The fourth-order valence-corrected chi connectivity index (χ4v) is 3.93. The lowest BCUT2D eigenvalue weighted by Crippen LogP contribution is -2.32. The van der Waals surface area contributed by atoms with Gasteiger partial charge in [0, 0.05) is 0 Å². The van der Waals surface area contributed by atoms with E-state index < -0.39 is 0 Å². The van der Waals surface area contributed by atoms with Gasteiger partial charge in [0.05, 0.1) is 12.2 Å². The Hall–Kier alpha value is -0.0400. The van der Waals surface area contributed by atoms with Crippen molar-refractivity contribution in [3.8, 4) is 0 Å². The molecule has 4 unspecified atom stereocenters. The zero-order chi connectivity index (χ0) is 19.2. The zero-order valence-corrected chi connectivity index (χ0v) is 18.9. The number of hydrogen-bond donors (Lipinski definition) is 0. The van der Waals surface area contributed by atoms with Crippen molar-refractivity contribution in [1.82, 2.24) is 0 Å². The van der Waals surface area contributed by atoms with Crippen LogP contribution in [0.5, 0.6) is 0 Å². The molecule has 0 fully saturated rings. The molecule has 0 bridgehead atoms. The minimum atomic E-state index is 0.460. The fourth-order valence-electron chi connectivity index (χ4n) is 3.93. The summed E-state index contributed by atoms with van der Waals surface area (Å²) >= 11 is 0. The summed E-state index contributed by atoms with van der Waals surface area (Å²) in [6, 6.07) is 0. The fraction of sp³-hybridized carbons (Fsp3) is 1.00. The average Bonchev–Trinajstić information content (AvgIpc) is 2.52. The number of ether oxygens (including phenoxy) is 1. The summed E-state index contributed by atoms with van der Waals surface area (Å²) in [6.07, 6.45) is 13.9. The van der Waals surface area contributed by atoms with Crippen molar-refractivity contribution in [1.29, 1.82) is 0 Å². The molecule has 0 heterocycles. The predicted octanol–water partition coefficient (Wildman–Crippen LogP) is 8.27. The minimum Gasteiger partial charge on any atom is -0.374 e. The molecule has 0 aromatic heterocycles. The van der Waals surface area contributed by atoms with Gasteiger partial charge in [-0.15, -0.1) is 0 Å². The molecule has 25 heavy (non-hydrogen) atoms. The maximum atomic E-state index is 6.84. The van der Waals surface area contributed by atoms with Gasteiger partial charge in [-0.2, -0.15) is 0 Å². The van der Waals surface area contributed by atoms with E-state index >= 15 is 0 Å². The molecule has 0 aliphatic heterocycles. The van der Waals surface area contributed by atoms with E-state index in [-0.39, 0.29) is 0 Å². The molecular formula is C24H50O. The number of hydrogen-bond acceptors (Lipinski definition) is 1. The molecule has 152 valence electrons. The van der Waals surface area contributed by atoms with Crippen LogP contribution in [-0.4, -0.2) is 12.2 Å². The minimum absolute atomic E-state index is 0.460. The molecule has 0 aromatic carbocycles. The van der Waals surface area contributed by atoms with E-state index in [2.05, 4.69) is 55.4 Å². The maximum absolute atomic E-state index is 6.84. The second-order valence-electron chi connectivity index (χ2n) is 9.39. The van der Waals surface area contributed by atoms with E-state index in [0.29, 0.717) is 24.0 Å². The van der Waals surface area contributed by atoms with Gasteiger partial charge in [-0.05, 0) is 49.4 Å². The van der Waals surface area contributed by atoms with E-state index in [1.54, 1.807) is 0 Å². The summed E-state index contributed by atoms with van der Waals surface area (Å²) in [5, 5.41) is 0. The third-order valence-corrected chi connectivity index (χ3v) is 5.65. The summed E-state index contributed by atoms with van der Waals surface area (Å²) in [5.41, 5.74) is 0. The summed E-state index contributed by atoms with van der Waals surface area (Å²) in [7, 11) is 0. The Bertz CT molecular complexity index is 256. The molecule has 0 N–H and O–H groups in total. The Morgan fingerprint density at radius 3 is 1.16 bits per heavy atom. The molecule has 0 rings (SSSR count). The van der Waals surface area contributed by atoms with Gasteiger partial charge in [0.25, 0.3) is 0 Å². The monoisotopic (exact) mass is 354 g/mol. The van der Waals surface area contributed by atoms with Crippen LogP contribution in [0.1, 0.15) is 120 Å². The molecule has 1 heteroatoms. The van der Waals surface area contributed by atoms with Crippen molar-refractivity contribution in [3.63, 3.8) is 0 Å². The number of rotatable bonds is 16. The van der Waals surface area contributed by atoms with Crippen LogP contribution in [0.4, 0.5) is 0 Å². The van der Waals surface area contributed by atoms with Gasteiger partial charge in [-0.1, -0.05) is 93.9 Å². The highest BCUT2D eigenvalue weighted by molar-refractivity contribution is 4.74. The zero-order valence-electron chi connectivity index (χ0n) is 18.9. The smallest absolute Gasteiger partial charge is 0.0604 e. The molecule has 4 atom stereocenters. The highest BCUT2D eigenvalue weighted by Crippen LogP contribution is 2.28. The molecule has 0 amide bonds. The van der Waals surface area contributed by atoms with Crippen LogP contribution >= 0.6 is 0 Å². The van der Waals surface area contributed by atoms with Gasteiger partial charge in [0.1, 0.15) is 0 Å². The van der Waals surface area contributed by atoms with E-state index in [4.69, 9.17) is 4.74 Å². The van der Waals surface area contributed by atoms with E-state index in [1.807, 2.05) is 0 Å². The Labute approximate surface area is 160 Å². The van der Waals surface area contributed by atoms with Gasteiger partial charge >= 0.3 is 0 Å². The van der Waals surface area contributed by atoms with Gasteiger partial charge in [0.15, 0.2) is 0 Å². The Balaban J connectivity index is 4.80. The van der Waals surface area contributed by atoms with Crippen molar-refractivity contribution < 1.29 is 4.74 Å². The Morgan fingerprint density at radius 2 is 0.880 bits per heavy atom. The summed E-state index contributed by atoms with van der Waals surface area (Å²) in [5.74, 6) is 3.00. The first-order chi connectivity index (χ1) is 11.8. The predicted molar refractivity (Wildman–Crippen MR) is 114 cm³/mol. The maximum Gasteiger partial charge on any atom is 0.0604 e. The molecule has 0 saturated heterocycles. The summed E-state index contributed by atoms with van der Waals surface area (Å²) < 4.78 is 6.84. The molecule has 1 nitrogen and oxygen atoms in total. The quantitative estimate of drug-likeness (QED) is 0.271. The van der Waals surface area contributed by atoms with E-state index in [1.165, 1.54) is 64.2 Å². The van der Waals surface area contributed by atoms with Gasteiger partial charge in [-0.3, -0.25) is 0 Å². The third-order valence-electron chi connectivity index (χ3n) is 5.65. The first-order valence-corrected chi connectivity index (χ1v) is 11.5. The first-order valence-electron chi connectivity index (χ1n) is 11.5. The molecule has 0 aliphatic rings. The van der Waals surface area contributed by atoms with Crippen molar-refractivity contribution in [3.05, 3.63) is 0 Å². The van der Waals surface area contributed by atoms with Crippen LogP contribution < -0.4 is 0 Å². The van der Waals surface area contributed by atoms with Gasteiger partial charge in [-0.25, -0.2) is 0 Å². The Kier molecular flexibility index (Phi) is 15.0. The van der Waals surface area contributed by atoms with Crippen LogP contribution in [0, 0.1) is 23.7 Å². The third kappa shape index (κ3) is 12.9. The lowest BCUT2D eigenvalue weighted by molar-refractivity contribution is -0.0744. The van der Waals surface area contributed by atoms with Crippen molar-refractivity contribution in [2.45, 2.75) is 132 Å². The first kappa shape index (κ1) is 25.0. The topological polar surface area (TPSA) is 9.23 Å². The average molecular weight is 355 g/mol. The SMILES string of the molecule is CCCC(C)C(CCCC(C)C)OC(CCCC(C)C)C(C)CCC. The summed E-state index contributed by atoms with van der Waals surface area (Å²) in [6.45, 7) is 18.8. The van der Waals surface area contributed by atoms with Crippen LogP contribution in [-0.2, 0) is 4.74 Å². The molecule has 0 spiro atoms. The molecule has 0 radical (unpaired) electrons. The van der Waals surface area contributed by atoms with Crippen molar-refractivity contribution >= 4 is 0 Å². The van der Waals surface area contributed by atoms with Crippen LogP contribution in [0.25, 0.3) is 0 Å². The second-order valence-corrected chi connectivity index (χ2v) is 9.39. The second kappa shape index (κ2) is 15.1. The largest absolute Gasteiger partial charge is 0.374 e. The lowest BCUT2D eigenvalue weighted by atomic mass is 9.90. The van der Waals surface area contributed by atoms with Crippen molar-refractivity contribution in [2.75, 3.05) is 0 Å². The van der Waals surface area contributed by atoms with Crippen LogP contribution in [0.3, 0.4) is 0 Å². The lowest BCUT2D eigenvalue weighted by Gasteiger charge is -2.33. The van der Waals surface area contributed by atoms with Crippen LogP contribution in [0.2, 0.25) is 0 Å². The molecule has 0 aromatic rings. The van der Waals surface area contributed by atoms with Crippen molar-refractivity contribution in [2.24, 2.45) is 23.7 Å². The standard InChI is InChI=1S/C24H50O/c1-9-13-21(7)23(17-11-15-19(3)4)25-24(22(8)14-10-2)18-12-16-20(5)6/h19-24H,9-18H2,1-8H3.